The van der Waals surface area contributed by atoms with E-state index in [1.165, 1.54) is 0 Å². The summed E-state index contributed by atoms with van der Waals surface area (Å²) in [6.07, 6.45) is 16.9. The van der Waals surface area contributed by atoms with Crippen LogP contribution in [-0.4, -0.2) is 79.9 Å². The molecular formula is C37H67N5O5S. The molecule has 0 saturated carbocycles. The maximum atomic E-state index is 12.8. The Morgan fingerprint density at radius 3 is 2.27 bits per heavy atom. The number of carbonyl (C=O) groups is 2. The monoisotopic (exact) mass is 693 g/mol. The highest BCUT2D eigenvalue weighted by Gasteiger charge is 2.20. The van der Waals surface area contributed by atoms with Gasteiger partial charge < -0.3 is 20.3 Å². The summed E-state index contributed by atoms with van der Waals surface area (Å²) in [5, 5.41) is 5.44. The number of ether oxygens (including phenoxy) is 1. The third kappa shape index (κ3) is 23.8. The molecule has 48 heavy (non-hydrogen) atoms. The second-order valence-electron chi connectivity index (χ2n) is 11.5. The molecule has 1 heterocycles. The molecule has 0 radical (unpaired) electrons. The number of hydrogen-bond donors (Lipinski definition) is 2. The van der Waals surface area contributed by atoms with E-state index < -0.39 is 10.0 Å². The van der Waals surface area contributed by atoms with Crippen molar-refractivity contribution in [2.45, 2.75) is 107 Å². The average Bonchev–Trinajstić information content (AvgIpc) is 3.03. The molecule has 2 unspecified atom stereocenters. The molecule has 1 aliphatic rings. The molecule has 2 atom stereocenters. The molecule has 0 aliphatic carbocycles. The number of carbonyl (C=O) groups excluding carboxylic acids is 2. The van der Waals surface area contributed by atoms with Crippen molar-refractivity contribution in [3.05, 3.63) is 73.3 Å². The Hall–Kier alpha value is -3.44. The molecule has 0 aromatic heterocycles. The van der Waals surface area contributed by atoms with Gasteiger partial charge in [-0.05, 0) is 72.2 Å². The molecule has 0 fully saturated rings. The third-order valence-electron chi connectivity index (χ3n) is 6.50. The zero-order valence-corrected chi connectivity index (χ0v) is 32.7. The van der Waals surface area contributed by atoms with E-state index in [1.54, 1.807) is 41.1 Å². The summed E-state index contributed by atoms with van der Waals surface area (Å²) in [5.41, 5.74) is 0.980. The highest BCUT2D eigenvalue weighted by Crippen LogP contribution is 2.15. The number of nitrogens with zero attached hydrogens (tertiary/aromatic N) is 3. The summed E-state index contributed by atoms with van der Waals surface area (Å²) >= 11 is 0. The maximum absolute atomic E-state index is 12.8. The topological polar surface area (TPSA) is 120 Å². The molecule has 276 valence electrons. The molecule has 10 nitrogen and oxygen atoms in total. The first-order valence-corrected chi connectivity index (χ1v) is 18.6. The number of hydrogen-bond acceptors (Lipinski definition) is 7. The van der Waals surface area contributed by atoms with Crippen LogP contribution in [0.5, 0.6) is 0 Å². The van der Waals surface area contributed by atoms with Gasteiger partial charge in [-0.15, -0.1) is 13.2 Å². The first-order chi connectivity index (χ1) is 22.6. The Morgan fingerprint density at radius 1 is 1.15 bits per heavy atom. The number of rotatable bonds is 16. The minimum absolute atomic E-state index is 0.0568. The van der Waals surface area contributed by atoms with Crippen molar-refractivity contribution >= 4 is 28.7 Å². The summed E-state index contributed by atoms with van der Waals surface area (Å²) in [7, 11) is -3.36. The van der Waals surface area contributed by atoms with Crippen LogP contribution in [0.15, 0.2) is 78.3 Å². The van der Waals surface area contributed by atoms with Gasteiger partial charge in [0.1, 0.15) is 5.60 Å². The molecule has 0 aromatic carbocycles. The normalized spacial score (nSPS) is 15.2. The van der Waals surface area contributed by atoms with Crippen molar-refractivity contribution in [2.24, 2.45) is 10.9 Å². The van der Waals surface area contributed by atoms with Gasteiger partial charge in [-0.3, -0.25) is 9.79 Å². The lowest BCUT2D eigenvalue weighted by Gasteiger charge is -2.25. The molecule has 0 spiro atoms. The van der Waals surface area contributed by atoms with Gasteiger partial charge in [0.05, 0.1) is 11.3 Å². The Bertz CT molecular complexity index is 1170. The number of aliphatic imine (C=N–C) groups is 1. The lowest BCUT2D eigenvalue weighted by atomic mass is 10.0. The highest BCUT2D eigenvalue weighted by molar-refractivity contribution is 7.89. The average molecular weight is 694 g/mol. The lowest BCUT2D eigenvalue weighted by molar-refractivity contribution is -0.117. The lowest BCUT2D eigenvalue weighted by Crippen LogP contribution is -2.34. The number of alkyl carbamates (subject to hydrolysis) is 1. The van der Waals surface area contributed by atoms with Gasteiger partial charge in [0.15, 0.2) is 0 Å². The van der Waals surface area contributed by atoms with Crippen molar-refractivity contribution < 1.29 is 22.7 Å². The van der Waals surface area contributed by atoms with Crippen molar-refractivity contribution in [2.75, 3.05) is 31.9 Å². The Morgan fingerprint density at radius 2 is 1.77 bits per heavy atom. The number of sulfonamides is 1. The smallest absolute Gasteiger partial charge is 0.407 e. The van der Waals surface area contributed by atoms with E-state index in [1.807, 2.05) is 79.4 Å². The molecule has 2 N–H and O–H groups in total. The Labute approximate surface area is 293 Å². The second-order valence-corrected chi connectivity index (χ2v) is 13.6. The highest BCUT2D eigenvalue weighted by atomic mass is 32.2. The van der Waals surface area contributed by atoms with Crippen LogP contribution < -0.4 is 10.6 Å². The fraction of sp³-hybridized carbons (Fsp3) is 0.595. The van der Waals surface area contributed by atoms with Crippen molar-refractivity contribution in [1.82, 2.24) is 19.8 Å². The molecule has 11 heteroatoms. The first-order valence-electron chi connectivity index (χ1n) is 17.0. The summed E-state index contributed by atoms with van der Waals surface area (Å²) in [4.78, 5) is 28.9. The summed E-state index contributed by atoms with van der Waals surface area (Å²) in [5.74, 6) is 0.257. The van der Waals surface area contributed by atoms with Crippen LogP contribution in [0, 0.1) is 5.92 Å². The quantitative estimate of drug-likeness (QED) is 0.0969. The van der Waals surface area contributed by atoms with E-state index in [4.69, 9.17) is 4.74 Å². The van der Waals surface area contributed by atoms with Crippen LogP contribution in [0.4, 0.5) is 4.79 Å². The van der Waals surface area contributed by atoms with Crippen LogP contribution in [0.25, 0.3) is 0 Å². The third-order valence-corrected chi connectivity index (χ3v) is 8.34. The summed E-state index contributed by atoms with van der Waals surface area (Å²) in [6.45, 7) is 32.8. The van der Waals surface area contributed by atoms with E-state index >= 15 is 0 Å². The van der Waals surface area contributed by atoms with Crippen molar-refractivity contribution in [1.29, 1.82) is 0 Å². The van der Waals surface area contributed by atoms with Gasteiger partial charge in [0.25, 0.3) is 5.91 Å². The second kappa shape index (κ2) is 28.6. The first kappa shape index (κ1) is 49.0. The number of nitrogens with one attached hydrogen (secondary N) is 2. The molecule has 0 aromatic rings. The van der Waals surface area contributed by atoms with E-state index in [0.29, 0.717) is 37.7 Å². The van der Waals surface area contributed by atoms with E-state index in [9.17, 15) is 18.0 Å². The van der Waals surface area contributed by atoms with Gasteiger partial charge in [-0.1, -0.05) is 71.8 Å². The standard InChI is InChI=1S/C26H42N4O3S.C7H15NO2.C2H6.C2H4/c1-7-11-22(4)15-17-30(9-3)34(32,33)19-10-12-24(8-2)20-28-26(31)25-14-13-23(5)29(21-25)18-16-27-6;1-5-8-6(9)10-7(2,3)4;2*1-2/h8,10,12-14,16,18,21-23H,6-7,9,11,15,17,19-20H2,1-5H3,(H,28,31);5H2,1-4H3,(H,8,9);1-2H3;1-2H2/b12-10-,18-16-,24-8+;;;. The minimum atomic E-state index is -3.36. The molecular weight excluding hydrogens is 627 g/mol. The van der Waals surface area contributed by atoms with Gasteiger partial charge in [-0.25, -0.2) is 17.5 Å². The molecule has 1 rings (SSSR count). The van der Waals surface area contributed by atoms with E-state index in [0.717, 1.165) is 24.8 Å². The molecule has 2 amide bonds. The van der Waals surface area contributed by atoms with Crippen LogP contribution in [0.3, 0.4) is 0 Å². The largest absolute Gasteiger partial charge is 0.444 e. The van der Waals surface area contributed by atoms with E-state index in [-0.39, 0.29) is 29.4 Å². The molecule has 0 bridgehead atoms. The zero-order chi connectivity index (χ0) is 37.8. The fourth-order valence-corrected chi connectivity index (χ4v) is 5.35. The molecule has 0 saturated heterocycles. The summed E-state index contributed by atoms with van der Waals surface area (Å²) in [6, 6.07) is 0.114. The number of allylic oxidation sites excluding steroid dienone is 1. The predicted octanol–water partition coefficient (Wildman–Crippen LogP) is 7.76. The van der Waals surface area contributed by atoms with Gasteiger partial charge in [-0.2, -0.15) is 0 Å². The van der Waals surface area contributed by atoms with Crippen LogP contribution in [-0.2, 0) is 19.6 Å². The summed E-state index contributed by atoms with van der Waals surface area (Å²) < 4.78 is 32.0. The van der Waals surface area contributed by atoms with Crippen molar-refractivity contribution in [3.63, 3.8) is 0 Å². The van der Waals surface area contributed by atoms with Gasteiger partial charge in [0.2, 0.25) is 10.0 Å². The van der Waals surface area contributed by atoms with Gasteiger partial charge >= 0.3 is 6.09 Å². The number of amides is 2. The Balaban J connectivity index is -0.00000122. The SMILES string of the molecule is C=C.C=N/C=C\N1C=C(C(=O)NCC(/C=C\CS(=O)(=O)N(CC)CCC(C)CCC)=C/C)C=CC1C.CC.CCNC(=O)OC(C)(C)C. The maximum Gasteiger partial charge on any atom is 0.407 e. The zero-order valence-electron chi connectivity index (χ0n) is 31.8. The van der Waals surface area contributed by atoms with Crippen LogP contribution in [0.2, 0.25) is 0 Å². The van der Waals surface area contributed by atoms with E-state index in [2.05, 4.69) is 49.3 Å². The van der Waals surface area contributed by atoms with Crippen LogP contribution >= 0.6 is 0 Å². The molecule has 1 aliphatic heterocycles. The van der Waals surface area contributed by atoms with Crippen LogP contribution in [0.1, 0.15) is 95.4 Å². The Kier molecular flexibility index (Phi) is 29.1. The van der Waals surface area contributed by atoms with Crippen molar-refractivity contribution in [3.8, 4) is 0 Å². The predicted molar refractivity (Wildman–Crippen MR) is 205 cm³/mol. The van der Waals surface area contributed by atoms with Gasteiger partial charge in [0, 0.05) is 50.8 Å². The fourth-order valence-electron chi connectivity index (χ4n) is 4.02. The minimum Gasteiger partial charge on any atom is -0.444 e.